The Balaban J connectivity index is 1.44. The van der Waals surface area contributed by atoms with Gasteiger partial charge in [0.05, 0.1) is 6.42 Å². The molecule has 6 heteroatoms. The van der Waals surface area contributed by atoms with E-state index in [0.29, 0.717) is 23.3 Å². The number of fused-ring (bicyclic) bond motifs is 3. The Kier molecular flexibility index (Phi) is 3.44. The summed E-state index contributed by atoms with van der Waals surface area (Å²) in [6.45, 7) is 6.82. The zero-order valence-corrected chi connectivity index (χ0v) is 17.8. The molecule has 0 spiro atoms. The Hall–Kier alpha value is -2.89. The molecule has 2 aromatic carbocycles. The van der Waals surface area contributed by atoms with Gasteiger partial charge < -0.3 is 24.8 Å². The first-order chi connectivity index (χ1) is 14.6. The third-order valence-electron chi connectivity index (χ3n) is 8.38. The lowest BCUT2D eigenvalue weighted by Crippen LogP contribution is -2.59. The number of hydrogen-bond acceptors (Lipinski definition) is 6. The van der Waals surface area contributed by atoms with E-state index in [1.54, 1.807) is 6.07 Å². The smallest absolute Gasteiger partial charge is 0.174 e. The summed E-state index contributed by atoms with van der Waals surface area (Å²) < 4.78 is 12.4. The molecule has 2 heterocycles. The van der Waals surface area contributed by atoms with Crippen molar-refractivity contribution in [3.63, 3.8) is 0 Å². The minimum Gasteiger partial charge on any atom is -0.508 e. The molecule has 2 fully saturated rings. The van der Waals surface area contributed by atoms with Crippen molar-refractivity contribution in [2.75, 3.05) is 0 Å². The summed E-state index contributed by atoms with van der Waals surface area (Å²) in [4.78, 5) is 12.7. The van der Waals surface area contributed by atoms with Gasteiger partial charge in [0.2, 0.25) is 0 Å². The van der Waals surface area contributed by atoms with Gasteiger partial charge in [-0.3, -0.25) is 4.79 Å². The van der Waals surface area contributed by atoms with Crippen molar-refractivity contribution in [1.29, 1.82) is 0 Å². The maximum absolute atomic E-state index is 12.7. The van der Waals surface area contributed by atoms with Crippen LogP contribution in [0.4, 0.5) is 0 Å². The van der Waals surface area contributed by atoms with E-state index in [2.05, 4.69) is 20.8 Å². The van der Waals surface area contributed by atoms with Crippen molar-refractivity contribution in [1.82, 2.24) is 0 Å². The Bertz CT molecular complexity index is 1150. The monoisotopic (exact) mass is 422 g/mol. The number of Topliss-reactive ketones (excluding diaryl/α,β-unsaturated/α-hetero) is 1. The second-order valence-corrected chi connectivity index (χ2v) is 10.4. The van der Waals surface area contributed by atoms with E-state index >= 15 is 0 Å². The molecule has 4 aliphatic rings. The number of phenols is 3. The second kappa shape index (κ2) is 5.67. The molecule has 5 atom stereocenters. The lowest BCUT2D eigenvalue weighted by molar-refractivity contribution is -0.120. The summed E-state index contributed by atoms with van der Waals surface area (Å²) in [6.07, 6.45) is 1.47. The average Bonchev–Trinajstić information content (AvgIpc) is 3.00. The molecule has 0 saturated heterocycles. The number of carbonyl (C=O) groups is 1. The molecule has 2 aromatic rings. The topological polar surface area (TPSA) is 96.2 Å². The van der Waals surface area contributed by atoms with E-state index in [-0.39, 0.29) is 51.8 Å². The van der Waals surface area contributed by atoms with Crippen LogP contribution in [0, 0.1) is 17.3 Å². The summed E-state index contributed by atoms with van der Waals surface area (Å²) in [6, 6.07) is 6.05. The molecule has 0 radical (unpaired) electrons. The van der Waals surface area contributed by atoms with Crippen molar-refractivity contribution in [3.05, 3.63) is 41.0 Å². The molecule has 2 saturated carbocycles. The molecule has 6 rings (SSSR count). The number of rotatable bonds is 1. The predicted molar refractivity (Wildman–Crippen MR) is 112 cm³/mol. The Morgan fingerprint density at radius 2 is 1.74 bits per heavy atom. The van der Waals surface area contributed by atoms with E-state index in [4.69, 9.17) is 9.47 Å². The van der Waals surface area contributed by atoms with E-state index in [0.717, 1.165) is 30.2 Å². The fourth-order valence-corrected chi connectivity index (χ4v) is 6.96. The molecule has 3 N–H and O–H groups in total. The van der Waals surface area contributed by atoms with Crippen molar-refractivity contribution in [2.45, 2.75) is 57.7 Å². The van der Waals surface area contributed by atoms with Crippen LogP contribution < -0.4 is 9.47 Å². The molecule has 0 amide bonds. The Morgan fingerprint density at radius 3 is 2.52 bits per heavy atom. The van der Waals surface area contributed by atoms with Gasteiger partial charge in [-0.25, -0.2) is 0 Å². The summed E-state index contributed by atoms with van der Waals surface area (Å²) in [5.41, 5.74) is 1.61. The second-order valence-electron chi connectivity index (χ2n) is 10.4. The first-order valence-electron chi connectivity index (χ1n) is 10.9. The summed E-state index contributed by atoms with van der Waals surface area (Å²) in [7, 11) is 0. The first-order valence-corrected chi connectivity index (χ1v) is 10.9. The van der Waals surface area contributed by atoms with Gasteiger partial charge in [-0.2, -0.15) is 0 Å². The highest BCUT2D eigenvalue weighted by molar-refractivity contribution is 6.02. The maximum atomic E-state index is 12.7. The van der Waals surface area contributed by atoms with E-state index in [1.165, 1.54) is 6.07 Å². The van der Waals surface area contributed by atoms with E-state index < -0.39 is 6.10 Å². The van der Waals surface area contributed by atoms with Crippen molar-refractivity contribution >= 4 is 5.78 Å². The van der Waals surface area contributed by atoms with Crippen LogP contribution in [0.2, 0.25) is 0 Å². The quantitative estimate of drug-likeness (QED) is 0.610. The van der Waals surface area contributed by atoms with Crippen LogP contribution in [0.5, 0.6) is 28.7 Å². The standard InChI is InChI=1S/C25H26O6/c1-24(2)14-4-5-25(3)23(14)22(24)13-8-12(15(27)9-19(13)31-25)18-10-17(29)21-16(28)6-11(26)7-20(21)30-18/h6-9,14,18,22-23,26-28H,4-5,10H2,1-3H3. The number of ether oxygens (including phenoxy) is 2. The molecule has 31 heavy (non-hydrogen) atoms. The van der Waals surface area contributed by atoms with Gasteiger partial charge in [0.1, 0.15) is 46.0 Å². The number of ketones is 1. The van der Waals surface area contributed by atoms with Crippen molar-refractivity contribution in [3.8, 4) is 28.7 Å². The van der Waals surface area contributed by atoms with Crippen LogP contribution in [0.15, 0.2) is 24.3 Å². The lowest BCUT2D eigenvalue weighted by atomic mass is 9.45. The normalized spacial score (nSPS) is 34.0. The van der Waals surface area contributed by atoms with Crippen molar-refractivity contribution in [2.24, 2.45) is 17.3 Å². The zero-order valence-electron chi connectivity index (χ0n) is 17.8. The Labute approximate surface area is 180 Å². The molecule has 0 bridgehead atoms. The summed E-state index contributed by atoms with van der Waals surface area (Å²) in [5, 5.41) is 30.7. The zero-order chi connectivity index (χ0) is 21.9. The number of benzene rings is 2. The minimum absolute atomic E-state index is 0.00360. The van der Waals surface area contributed by atoms with Gasteiger partial charge in [-0.05, 0) is 48.6 Å². The number of aromatic hydroxyl groups is 3. The van der Waals surface area contributed by atoms with Crippen LogP contribution in [0.1, 0.15) is 73.5 Å². The van der Waals surface area contributed by atoms with Crippen LogP contribution in [0.25, 0.3) is 0 Å². The molecular formula is C25H26O6. The van der Waals surface area contributed by atoms with Crippen LogP contribution >= 0.6 is 0 Å². The summed E-state index contributed by atoms with van der Waals surface area (Å²) >= 11 is 0. The maximum Gasteiger partial charge on any atom is 0.174 e. The number of hydrogen-bond donors (Lipinski definition) is 3. The molecule has 0 aromatic heterocycles. The molecule has 2 aliphatic carbocycles. The van der Waals surface area contributed by atoms with Crippen LogP contribution in [0.3, 0.4) is 0 Å². The van der Waals surface area contributed by atoms with Gasteiger partial charge >= 0.3 is 0 Å². The fraction of sp³-hybridized carbons (Fsp3) is 0.480. The van der Waals surface area contributed by atoms with Crippen LogP contribution in [-0.2, 0) is 0 Å². The number of phenolic OH excluding ortho intramolecular Hbond substituents is 3. The van der Waals surface area contributed by atoms with E-state index in [9.17, 15) is 20.1 Å². The largest absolute Gasteiger partial charge is 0.508 e. The Morgan fingerprint density at radius 1 is 0.968 bits per heavy atom. The highest BCUT2D eigenvalue weighted by atomic mass is 16.5. The van der Waals surface area contributed by atoms with Crippen molar-refractivity contribution < 1.29 is 29.6 Å². The van der Waals surface area contributed by atoms with Gasteiger partial charge in [-0.15, -0.1) is 0 Å². The SMILES string of the molecule is CC12CCC3C1C(c1cc(C4CC(=O)c5c(O)cc(O)cc5O4)c(O)cc1O2)C3(C)C. The molecule has 5 unspecified atom stereocenters. The fourth-order valence-electron chi connectivity index (χ4n) is 6.96. The predicted octanol–water partition coefficient (Wildman–Crippen LogP) is 4.81. The van der Waals surface area contributed by atoms with Gasteiger partial charge in [0.15, 0.2) is 5.78 Å². The molecular weight excluding hydrogens is 396 g/mol. The van der Waals surface area contributed by atoms with Gasteiger partial charge in [0, 0.05) is 29.7 Å². The lowest BCUT2D eigenvalue weighted by Gasteiger charge is -2.62. The molecule has 6 nitrogen and oxygen atoms in total. The third-order valence-corrected chi connectivity index (χ3v) is 8.38. The van der Waals surface area contributed by atoms with Crippen LogP contribution in [-0.4, -0.2) is 26.7 Å². The molecule has 162 valence electrons. The van der Waals surface area contributed by atoms with E-state index in [1.807, 2.05) is 6.07 Å². The highest BCUT2D eigenvalue weighted by Gasteiger charge is 2.69. The van der Waals surface area contributed by atoms with Gasteiger partial charge in [0.25, 0.3) is 0 Å². The summed E-state index contributed by atoms with van der Waals surface area (Å²) in [5.74, 6) is 1.50. The number of carbonyl (C=O) groups excluding carboxylic acids is 1. The average molecular weight is 422 g/mol. The third kappa shape index (κ3) is 2.31. The van der Waals surface area contributed by atoms with Gasteiger partial charge in [-0.1, -0.05) is 13.8 Å². The first kappa shape index (κ1) is 18.8. The minimum atomic E-state index is -0.706. The highest BCUT2D eigenvalue weighted by Crippen LogP contribution is 2.73. The molecule has 2 aliphatic heterocycles.